The number of rotatable bonds is 6. The summed E-state index contributed by atoms with van der Waals surface area (Å²) in [6.45, 7) is 10.6. The Kier molecular flexibility index (Phi) is 8.29. The minimum atomic E-state index is -0.520. The second-order valence-electron chi connectivity index (χ2n) is 7.26. The Labute approximate surface area is 146 Å². The van der Waals surface area contributed by atoms with E-state index >= 15 is 0 Å². The van der Waals surface area contributed by atoms with Crippen LogP contribution in [0.1, 0.15) is 73.1 Å². The molecule has 1 fully saturated rings. The van der Waals surface area contributed by atoms with E-state index in [1.165, 1.54) is 0 Å². The molecule has 24 heavy (non-hydrogen) atoms. The van der Waals surface area contributed by atoms with Crippen molar-refractivity contribution < 1.29 is 19.1 Å². The predicted molar refractivity (Wildman–Crippen MR) is 94.8 cm³/mol. The third-order valence-corrected chi connectivity index (χ3v) is 3.97. The summed E-state index contributed by atoms with van der Waals surface area (Å²) in [6.07, 6.45) is 7.02. The highest BCUT2D eigenvalue weighted by Gasteiger charge is 2.32. The zero-order chi connectivity index (χ0) is 18.2. The highest BCUT2D eigenvalue weighted by Crippen LogP contribution is 2.28. The lowest BCUT2D eigenvalue weighted by Crippen LogP contribution is -2.47. The topological polar surface area (TPSA) is 55.8 Å². The summed E-state index contributed by atoms with van der Waals surface area (Å²) in [7, 11) is 0. The predicted octanol–water partition coefficient (Wildman–Crippen LogP) is 4.46. The molecule has 1 unspecified atom stereocenters. The molecule has 5 nitrogen and oxygen atoms in total. The Bertz CT molecular complexity index is 451. The van der Waals surface area contributed by atoms with Gasteiger partial charge < -0.3 is 14.4 Å². The first-order chi connectivity index (χ1) is 11.3. The highest BCUT2D eigenvalue weighted by molar-refractivity contribution is 5.83. The van der Waals surface area contributed by atoms with Crippen LogP contribution in [0, 0.1) is 0 Å². The molecular formula is C19H33NO4. The van der Waals surface area contributed by atoms with Crippen molar-refractivity contribution in [3.05, 3.63) is 11.6 Å². The molecule has 1 rings (SSSR count). The molecular weight excluding hydrogens is 306 g/mol. The maximum atomic E-state index is 12.6. The molecule has 0 bridgehead atoms. The number of amides is 1. The number of unbranched alkanes of at least 4 members (excludes halogenated alkanes) is 1. The van der Waals surface area contributed by atoms with Gasteiger partial charge >= 0.3 is 12.1 Å². The molecule has 1 aliphatic heterocycles. The molecule has 1 heterocycles. The summed E-state index contributed by atoms with van der Waals surface area (Å²) in [5.41, 5.74) is 0.467. The fraction of sp³-hybridized carbons (Fsp3) is 0.789. The third-order valence-electron chi connectivity index (χ3n) is 3.97. The van der Waals surface area contributed by atoms with Crippen molar-refractivity contribution in [3.8, 4) is 0 Å². The lowest BCUT2D eigenvalue weighted by Gasteiger charge is -2.38. The van der Waals surface area contributed by atoms with E-state index in [0.717, 1.165) is 44.1 Å². The van der Waals surface area contributed by atoms with E-state index in [9.17, 15) is 9.59 Å². The number of carbonyl (C=O) groups is 2. The standard InChI is InChI=1S/C19H33NO4/c1-6-8-11-15(14-17(21)23-7-2)16-12-9-10-13-20(16)18(22)24-19(3,4)5/h14,16H,6-13H2,1-5H3/b15-14-. The van der Waals surface area contributed by atoms with Crippen LogP contribution in [0.3, 0.4) is 0 Å². The van der Waals surface area contributed by atoms with Gasteiger partial charge in [0.25, 0.3) is 0 Å². The monoisotopic (exact) mass is 339 g/mol. The fourth-order valence-corrected chi connectivity index (χ4v) is 2.91. The van der Waals surface area contributed by atoms with Gasteiger partial charge in [-0.2, -0.15) is 0 Å². The maximum absolute atomic E-state index is 12.6. The van der Waals surface area contributed by atoms with Crippen molar-refractivity contribution in [2.75, 3.05) is 13.2 Å². The van der Waals surface area contributed by atoms with E-state index in [4.69, 9.17) is 9.47 Å². The summed E-state index contributed by atoms with van der Waals surface area (Å²) in [5.74, 6) is -0.321. The summed E-state index contributed by atoms with van der Waals surface area (Å²) >= 11 is 0. The summed E-state index contributed by atoms with van der Waals surface area (Å²) in [4.78, 5) is 26.3. The Morgan fingerprint density at radius 1 is 1.21 bits per heavy atom. The number of likely N-dealkylation sites (tertiary alicyclic amines) is 1. The van der Waals surface area contributed by atoms with Gasteiger partial charge in [-0.3, -0.25) is 0 Å². The second-order valence-corrected chi connectivity index (χ2v) is 7.26. The van der Waals surface area contributed by atoms with Crippen molar-refractivity contribution in [1.82, 2.24) is 4.90 Å². The molecule has 0 saturated carbocycles. The van der Waals surface area contributed by atoms with Crippen LogP contribution in [0.5, 0.6) is 0 Å². The quantitative estimate of drug-likeness (QED) is 0.530. The second kappa shape index (κ2) is 9.70. The lowest BCUT2D eigenvalue weighted by molar-refractivity contribution is -0.137. The smallest absolute Gasteiger partial charge is 0.410 e. The number of ether oxygens (including phenoxy) is 2. The van der Waals surface area contributed by atoms with Gasteiger partial charge in [0.05, 0.1) is 12.6 Å². The van der Waals surface area contributed by atoms with Crippen LogP contribution >= 0.6 is 0 Å². The SMILES string of the molecule is CCCC/C(=C/C(=O)OCC)C1CCCCN1C(=O)OC(C)(C)C. The van der Waals surface area contributed by atoms with Gasteiger partial charge in [0, 0.05) is 12.6 Å². The van der Waals surface area contributed by atoms with Gasteiger partial charge in [0.15, 0.2) is 0 Å². The fourth-order valence-electron chi connectivity index (χ4n) is 2.91. The Hall–Kier alpha value is -1.52. The lowest BCUT2D eigenvalue weighted by atomic mass is 9.92. The molecule has 0 aromatic heterocycles. The molecule has 1 aliphatic rings. The molecule has 1 saturated heterocycles. The van der Waals surface area contributed by atoms with Gasteiger partial charge in [-0.25, -0.2) is 9.59 Å². The van der Waals surface area contributed by atoms with Gasteiger partial charge in [-0.05, 0) is 65.4 Å². The van der Waals surface area contributed by atoms with Gasteiger partial charge in [0.1, 0.15) is 5.60 Å². The molecule has 0 aromatic carbocycles. The maximum Gasteiger partial charge on any atom is 0.410 e. The van der Waals surface area contributed by atoms with Crippen LogP contribution in [0.2, 0.25) is 0 Å². The van der Waals surface area contributed by atoms with Crippen molar-refractivity contribution in [2.45, 2.75) is 84.8 Å². The van der Waals surface area contributed by atoms with Crippen LogP contribution in [0.4, 0.5) is 4.79 Å². The normalized spacial score (nSPS) is 19.1. The molecule has 0 spiro atoms. The zero-order valence-electron chi connectivity index (χ0n) is 15.9. The molecule has 138 valence electrons. The number of carbonyl (C=O) groups excluding carboxylic acids is 2. The summed E-state index contributed by atoms with van der Waals surface area (Å²) in [6, 6.07) is -0.0652. The van der Waals surface area contributed by atoms with E-state index in [-0.39, 0.29) is 18.1 Å². The minimum Gasteiger partial charge on any atom is -0.463 e. The van der Waals surface area contributed by atoms with E-state index < -0.39 is 5.60 Å². The zero-order valence-corrected chi connectivity index (χ0v) is 15.9. The van der Waals surface area contributed by atoms with Gasteiger partial charge in [-0.15, -0.1) is 0 Å². The number of hydrogen-bond acceptors (Lipinski definition) is 4. The summed E-state index contributed by atoms with van der Waals surface area (Å²) < 4.78 is 10.6. The minimum absolute atomic E-state index is 0.0652. The number of esters is 1. The first kappa shape index (κ1) is 20.5. The average Bonchev–Trinajstić information content (AvgIpc) is 2.50. The van der Waals surface area contributed by atoms with Gasteiger partial charge in [0.2, 0.25) is 0 Å². The van der Waals surface area contributed by atoms with Crippen LogP contribution in [0.15, 0.2) is 11.6 Å². The Balaban J connectivity index is 2.97. The Morgan fingerprint density at radius 2 is 1.92 bits per heavy atom. The largest absolute Gasteiger partial charge is 0.463 e. The molecule has 0 N–H and O–H groups in total. The van der Waals surface area contributed by atoms with E-state index in [1.807, 2.05) is 20.8 Å². The van der Waals surface area contributed by atoms with Crippen LogP contribution in [-0.4, -0.2) is 41.8 Å². The molecule has 0 radical (unpaired) electrons. The van der Waals surface area contributed by atoms with Crippen LogP contribution in [-0.2, 0) is 14.3 Å². The number of piperidine rings is 1. The third kappa shape index (κ3) is 6.93. The van der Waals surface area contributed by atoms with Crippen molar-refractivity contribution >= 4 is 12.1 Å². The van der Waals surface area contributed by atoms with E-state index in [2.05, 4.69) is 6.92 Å². The molecule has 0 aromatic rings. The van der Waals surface area contributed by atoms with E-state index in [1.54, 1.807) is 17.9 Å². The first-order valence-electron chi connectivity index (χ1n) is 9.15. The van der Waals surface area contributed by atoms with Crippen LogP contribution in [0.25, 0.3) is 0 Å². The average molecular weight is 339 g/mol. The van der Waals surface area contributed by atoms with Gasteiger partial charge in [-0.1, -0.05) is 13.3 Å². The van der Waals surface area contributed by atoms with Crippen molar-refractivity contribution in [2.24, 2.45) is 0 Å². The van der Waals surface area contributed by atoms with Crippen molar-refractivity contribution in [1.29, 1.82) is 0 Å². The first-order valence-corrected chi connectivity index (χ1v) is 9.15. The highest BCUT2D eigenvalue weighted by atomic mass is 16.6. The molecule has 1 amide bonds. The molecule has 1 atom stereocenters. The summed E-state index contributed by atoms with van der Waals surface area (Å²) in [5, 5.41) is 0. The number of hydrogen-bond donors (Lipinski definition) is 0. The van der Waals surface area contributed by atoms with Crippen molar-refractivity contribution in [3.63, 3.8) is 0 Å². The number of nitrogens with zero attached hydrogens (tertiary/aromatic N) is 1. The van der Waals surface area contributed by atoms with Crippen LogP contribution < -0.4 is 0 Å². The Morgan fingerprint density at radius 3 is 2.50 bits per heavy atom. The van der Waals surface area contributed by atoms with E-state index in [0.29, 0.717) is 13.2 Å². The molecule has 5 heteroatoms. The molecule has 0 aliphatic carbocycles.